The Labute approximate surface area is 165 Å². The molecule has 0 saturated carbocycles. The fourth-order valence-electron chi connectivity index (χ4n) is 2.86. The van der Waals surface area contributed by atoms with Gasteiger partial charge in [0.2, 0.25) is 0 Å². The molecule has 0 aliphatic heterocycles. The maximum absolute atomic E-state index is 13.1. The zero-order chi connectivity index (χ0) is 18.8. The Balaban J connectivity index is 1.80. The van der Waals surface area contributed by atoms with Gasteiger partial charge in [-0.15, -0.1) is 11.3 Å². The van der Waals surface area contributed by atoms with Crippen molar-refractivity contribution in [2.24, 2.45) is 0 Å². The van der Waals surface area contributed by atoms with E-state index in [-0.39, 0.29) is 5.56 Å². The SMILES string of the molecule is COc1ccc(-n2c(SCc3ccccc3C)nc3ccsc3c2=O)cc1. The van der Waals surface area contributed by atoms with E-state index in [9.17, 15) is 4.79 Å². The molecule has 27 heavy (non-hydrogen) atoms. The quantitative estimate of drug-likeness (QED) is 0.351. The van der Waals surface area contributed by atoms with E-state index in [4.69, 9.17) is 9.72 Å². The fraction of sp³-hybridized carbons (Fsp3) is 0.143. The Hall–Kier alpha value is -2.57. The number of aryl methyl sites for hydroxylation is 1. The third kappa shape index (κ3) is 3.50. The second kappa shape index (κ2) is 7.58. The summed E-state index contributed by atoms with van der Waals surface area (Å²) < 4.78 is 7.60. The van der Waals surface area contributed by atoms with Crippen molar-refractivity contribution in [3.05, 3.63) is 81.5 Å². The molecule has 4 aromatic rings. The first-order chi connectivity index (χ1) is 13.2. The van der Waals surface area contributed by atoms with Crippen LogP contribution in [-0.4, -0.2) is 16.7 Å². The molecule has 0 aliphatic carbocycles. The zero-order valence-corrected chi connectivity index (χ0v) is 16.6. The Morgan fingerprint density at radius 2 is 1.89 bits per heavy atom. The molecule has 0 radical (unpaired) electrons. The number of rotatable bonds is 5. The van der Waals surface area contributed by atoms with Crippen LogP contribution in [0.2, 0.25) is 0 Å². The van der Waals surface area contributed by atoms with Gasteiger partial charge in [-0.1, -0.05) is 36.0 Å². The van der Waals surface area contributed by atoms with Crippen LogP contribution in [-0.2, 0) is 5.75 Å². The van der Waals surface area contributed by atoms with Crippen LogP contribution in [0.5, 0.6) is 5.75 Å². The van der Waals surface area contributed by atoms with Crippen molar-refractivity contribution in [3.63, 3.8) is 0 Å². The summed E-state index contributed by atoms with van der Waals surface area (Å²) >= 11 is 3.00. The van der Waals surface area contributed by atoms with E-state index in [1.54, 1.807) is 23.4 Å². The second-order valence-corrected chi connectivity index (χ2v) is 7.94. The normalized spacial score (nSPS) is 11.0. The number of hydrogen-bond donors (Lipinski definition) is 0. The smallest absolute Gasteiger partial charge is 0.276 e. The topological polar surface area (TPSA) is 44.1 Å². The van der Waals surface area contributed by atoms with Crippen LogP contribution in [0.15, 0.2) is 69.9 Å². The number of methoxy groups -OCH3 is 1. The molecule has 136 valence electrons. The van der Waals surface area contributed by atoms with Gasteiger partial charge in [0, 0.05) is 5.75 Å². The molecule has 0 atom stereocenters. The average Bonchev–Trinajstić information content (AvgIpc) is 3.17. The summed E-state index contributed by atoms with van der Waals surface area (Å²) in [7, 11) is 1.63. The van der Waals surface area contributed by atoms with E-state index in [0.29, 0.717) is 9.86 Å². The lowest BCUT2D eigenvalue weighted by Crippen LogP contribution is -2.20. The number of hydrogen-bond acceptors (Lipinski definition) is 5. The molecular weight excluding hydrogens is 376 g/mol. The van der Waals surface area contributed by atoms with Gasteiger partial charge in [-0.05, 0) is 53.8 Å². The number of benzene rings is 2. The van der Waals surface area contributed by atoms with E-state index in [1.807, 2.05) is 47.8 Å². The molecule has 2 aromatic carbocycles. The van der Waals surface area contributed by atoms with Gasteiger partial charge in [0.25, 0.3) is 5.56 Å². The number of ether oxygens (including phenoxy) is 1. The van der Waals surface area contributed by atoms with E-state index >= 15 is 0 Å². The average molecular weight is 395 g/mol. The molecule has 4 nitrogen and oxygen atoms in total. The minimum absolute atomic E-state index is 0.0348. The molecular formula is C21H18N2O2S2. The molecule has 0 spiro atoms. The van der Waals surface area contributed by atoms with Crippen molar-refractivity contribution in [1.82, 2.24) is 9.55 Å². The van der Waals surface area contributed by atoms with Gasteiger partial charge < -0.3 is 4.74 Å². The second-order valence-electron chi connectivity index (χ2n) is 6.08. The monoisotopic (exact) mass is 394 g/mol. The molecule has 6 heteroatoms. The molecule has 0 bridgehead atoms. The Morgan fingerprint density at radius 3 is 2.63 bits per heavy atom. The van der Waals surface area contributed by atoms with Crippen LogP contribution in [0, 0.1) is 6.92 Å². The van der Waals surface area contributed by atoms with Gasteiger partial charge in [0.1, 0.15) is 10.4 Å². The minimum Gasteiger partial charge on any atom is -0.497 e. The number of thioether (sulfide) groups is 1. The summed E-state index contributed by atoms with van der Waals surface area (Å²) in [5.74, 6) is 1.51. The minimum atomic E-state index is -0.0348. The lowest BCUT2D eigenvalue weighted by Gasteiger charge is -2.13. The Bertz CT molecular complexity index is 1150. The molecule has 0 aliphatic rings. The van der Waals surface area contributed by atoms with E-state index in [1.165, 1.54) is 22.5 Å². The van der Waals surface area contributed by atoms with Gasteiger partial charge in [-0.3, -0.25) is 9.36 Å². The molecule has 0 amide bonds. The maximum Gasteiger partial charge on any atom is 0.276 e. The van der Waals surface area contributed by atoms with Crippen molar-refractivity contribution in [3.8, 4) is 11.4 Å². The van der Waals surface area contributed by atoms with Crippen LogP contribution < -0.4 is 10.3 Å². The summed E-state index contributed by atoms with van der Waals surface area (Å²) in [6, 6.07) is 17.7. The van der Waals surface area contributed by atoms with Crippen LogP contribution in [0.25, 0.3) is 15.9 Å². The van der Waals surface area contributed by atoms with Gasteiger partial charge in [0.15, 0.2) is 5.16 Å². The van der Waals surface area contributed by atoms with Gasteiger partial charge in [-0.25, -0.2) is 4.98 Å². The predicted octanol–water partition coefficient (Wildman–Crippen LogP) is 5.06. The highest BCUT2D eigenvalue weighted by molar-refractivity contribution is 7.98. The van der Waals surface area contributed by atoms with Crippen molar-refractivity contribution in [2.75, 3.05) is 7.11 Å². The Morgan fingerprint density at radius 1 is 1.11 bits per heavy atom. The van der Waals surface area contributed by atoms with Crippen molar-refractivity contribution in [2.45, 2.75) is 17.8 Å². The van der Waals surface area contributed by atoms with Crippen LogP contribution in [0.4, 0.5) is 0 Å². The highest BCUT2D eigenvalue weighted by Crippen LogP contribution is 2.27. The third-order valence-corrected chi connectivity index (χ3v) is 6.28. The van der Waals surface area contributed by atoms with E-state index in [2.05, 4.69) is 19.1 Å². The highest BCUT2D eigenvalue weighted by atomic mass is 32.2. The molecule has 2 aromatic heterocycles. The summed E-state index contributed by atoms with van der Waals surface area (Å²) in [5.41, 5.74) is 3.98. The lowest BCUT2D eigenvalue weighted by atomic mass is 10.1. The number of aromatic nitrogens is 2. The number of nitrogens with zero attached hydrogens (tertiary/aromatic N) is 2. The van der Waals surface area contributed by atoms with Crippen molar-refractivity contribution < 1.29 is 4.74 Å². The van der Waals surface area contributed by atoms with E-state index in [0.717, 1.165) is 22.7 Å². The first-order valence-electron chi connectivity index (χ1n) is 8.49. The standard InChI is InChI=1S/C21H18N2O2S2/c1-14-5-3-4-6-15(14)13-27-21-22-18-11-12-26-19(18)20(24)23(21)16-7-9-17(25-2)10-8-16/h3-12H,13H2,1-2H3. The van der Waals surface area contributed by atoms with Crippen molar-refractivity contribution >= 4 is 33.3 Å². The largest absolute Gasteiger partial charge is 0.497 e. The number of thiophene rings is 1. The summed E-state index contributed by atoms with van der Waals surface area (Å²) in [4.78, 5) is 17.9. The van der Waals surface area contributed by atoms with Crippen molar-refractivity contribution in [1.29, 1.82) is 0 Å². The summed E-state index contributed by atoms with van der Waals surface area (Å²) in [5, 5.41) is 2.60. The molecule has 0 fully saturated rings. The fourth-order valence-corrected chi connectivity index (χ4v) is 4.71. The summed E-state index contributed by atoms with van der Waals surface area (Å²) in [6.45, 7) is 2.10. The molecule has 0 N–H and O–H groups in total. The first kappa shape index (κ1) is 17.8. The maximum atomic E-state index is 13.1. The molecule has 2 heterocycles. The van der Waals surface area contributed by atoms with Crippen LogP contribution in [0.1, 0.15) is 11.1 Å². The molecule has 4 rings (SSSR count). The summed E-state index contributed by atoms with van der Waals surface area (Å²) in [6.07, 6.45) is 0. The predicted molar refractivity (Wildman–Crippen MR) is 113 cm³/mol. The first-order valence-corrected chi connectivity index (χ1v) is 10.4. The zero-order valence-electron chi connectivity index (χ0n) is 15.0. The molecule has 0 unspecified atom stereocenters. The van der Waals surface area contributed by atoms with Gasteiger partial charge in [0.05, 0.1) is 18.3 Å². The van der Waals surface area contributed by atoms with Crippen LogP contribution >= 0.6 is 23.1 Å². The molecule has 0 saturated heterocycles. The number of fused-ring (bicyclic) bond motifs is 1. The van der Waals surface area contributed by atoms with Gasteiger partial charge >= 0.3 is 0 Å². The Kier molecular flexibility index (Phi) is 5.01. The van der Waals surface area contributed by atoms with Crippen LogP contribution in [0.3, 0.4) is 0 Å². The van der Waals surface area contributed by atoms with Gasteiger partial charge in [-0.2, -0.15) is 0 Å². The lowest BCUT2D eigenvalue weighted by molar-refractivity contribution is 0.414. The highest BCUT2D eigenvalue weighted by Gasteiger charge is 2.15. The third-order valence-electron chi connectivity index (χ3n) is 4.40. The van der Waals surface area contributed by atoms with E-state index < -0.39 is 0 Å².